The summed E-state index contributed by atoms with van der Waals surface area (Å²) in [5.41, 5.74) is 3.53. The Kier molecular flexibility index (Phi) is 2.64. The number of Topliss-reactive ketones (excluding diaryl/α,β-unsaturated/α-hetero) is 1. The minimum atomic E-state index is -0.0874. The van der Waals surface area contributed by atoms with E-state index in [2.05, 4.69) is 19.6 Å². The average Bonchev–Trinajstić information content (AvgIpc) is 2.76. The largest absolute Gasteiger partial charge is 0.508 e. The topological polar surface area (TPSA) is 37.3 Å². The van der Waals surface area contributed by atoms with Crippen LogP contribution in [0.2, 0.25) is 0 Å². The summed E-state index contributed by atoms with van der Waals surface area (Å²) in [4.78, 5) is 12.3. The van der Waals surface area contributed by atoms with Crippen molar-refractivity contribution in [2.24, 2.45) is 17.3 Å². The van der Waals surface area contributed by atoms with Crippen LogP contribution in [0.4, 0.5) is 0 Å². The molecule has 0 radical (unpaired) electrons. The summed E-state index contributed by atoms with van der Waals surface area (Å²) in [6.45, 7) is 6.44. The van der Waals surface area contributed by atoms with Crippen molar-refractivity contribution in [3.05, 3.63) is 35.9 Å². The first kappa shape index (κ1) is 13.1. The Balaban J connectivity index is 1.78. The smallest absolute Gasteiger partial charge is 0.139 e. The van der Waals surface area contributed by atoms with Gasteiger partial charge in [-0.1, -0.05) is 19.6 Å². The number of hydrogen-bond acceptors (Lipinski definition) is 2. The summed E-state index contributed by atoms with van der Waals surface area (Å²) in [7, 11) is 0. The monoisotopic (exact) mass is 282 g/mol. The van der Waals surface area contributed by atoms with Crippen LogP contribution in [0.15, 0.2) is 24.8 Å². The van der Waals surface area contributed by atoms with Gasteiger partial charge in [0, 0.05) is 11.8 Å². The number of hydrogen-bond donors (Lipinski definition) is 1. The van der Waals surface area contributed by atoms with Crippen LogP contribution in [0.1, 0.15) is 56.1 Å². The van der Waals surface area contributed by atoms with Crippen LogP contribution < -0.4 is 0 Å². The zero-order chi connectivity index (χ0) is 14.8. The SMILES string of the molecule is C=C1CC2C(CC[C@]3(C)C(=O)CCC23)c2ccc(O)cc21. The summed E-state index contributed by atoms with van der Waals surface area (Å²) in [5.74, 6) is 2.41. The Bertz CT molecular complexity index is 645. The summed E-state index contributed by atoms with van der Waals surface area (Å²) in [6.07, 6.45) is 4.91. The van der Waals surface area contributed by atoms with E-state index in [1.807, 2.05) is 6.07 Å². The molecule has 0 aromatic heterocycles. The van der Waals surface area contributed by atoms with Crippen molar-refractivity contribution in [2.75, 3.05) is 0 Å². The van der Waals surface area contributed by atoms with Crippen LogP contribution in [0.5, 0.6) is 5.75 Å². The first-order valence-corrected chi connectivity index (χ1v) is 8.05. The molecule has 0 bridgehead atoms. The summed E-state index contributed by atoms with van der Waals surface area (Å²) in [6, 6.07) is 5.73. The summed E-state index contributed by atoms with van der Waals surface area (Å²) >= 11 is 0. The molecule has 2 nitrogen and oxygen atoms in total. The van der Waals surface area contributed by atoms with E-state index in [9.17, 15) is 9.90 Å². The normalized spacial score (nSPS) is 37.9. The summed E-state index contributed by atoms with van der Waals surface area (Å²) < 4.78 is 0. The number of allylic oxidation sites excluding steroid dienone is 1. The van der Waals surface area contributed by atoms with E-state index in [1.54, 1.807) is 6.07 Å². The number of phenolic OH excluding ortho intramolecular Hbond substituents is 1. The lowest BCUT2D eigenvalue weighted by molar-refractivity contribution is -0.129. The van der Waals surface area contributed by atoms with Gasteiger partial charge >= 0.3 is 0 Å². The van der Waals surface area contributed by atoms with Gasteiger partial charge in [-0.3, -0.25) is 4.79 Å². The molecule has 0 amide bonds. The Labute approximate surface area is 125 Å². The van der Waals surface area contributed by atoms with Crippen molar-refractivity contribution in [3.8, 4) is 5.75 Å². The number of ketones is 1. The van der Waals surface area contributed by atoms with Gasteiger partial charge < -0.3 is 5.11 Å². The number of carbonyl (C=O) groups is 1. The number of aromatic hydroxyl groups is 1. The second-order valence-electron chi connectivity index (χ2n) is 7.37. The predicted octanol–water partition coefficient (Wildman–Crippen LogP) is 4.29. The van der Waals surface area contributed by atoms with Crippen molar-refractivity contribution in [2.45, 2.75) is 44.9 Å². The van der Waals surface area contributed by atoms with Gasteiger partial charge in [0.15, 0.2) is 0 Å². The molecule has 0 saturated heterocycles. The molecule has 3 unspecified atom stereocenters. The second-order valence-corrected chi connectivity index (χ2v) is 7.37. The Morgan fingerprint density at radius 1 is 1.33 bits per heavy atom. The van der Waals surface area contributed by atoms with Gasteiger partial charge in [0.2, 0.25) is 0 Å². The highest BCUT2D eigenvalue weighted by atomic mass is 16.3. The highest BCUT2D eigenvalue weighted by Gasteiger charge is 2.54. The van der Waals surface area contributed by atoms with Crippen molar-refractivity contribution in [1.82, 2.24) is 0 Å². The molecule has 0 spiro atoms. The van der Waals surface area contributed by atoms with Gasteiger partial charge in [-0.2, -0.15) is 0 Å². The van der Waals surface area contributed by atoms with Crippen molar-refractivity contribution >= 4 is 11.4 Å². The minimum absolute atomic E-state index is 0.0874. The fourth-order valence-corrected chi connectivity index (χ4v) is 5.30. The molecule has 4 atom stereocenters. The number of rotatable bonds is 0. The molecule has 2 fully saturated rings. The molecular formula is C19H22O2. The van der Waals surface area contributed by atoms with Crippen LogP contribution in [0.25, 0.3) is 5.57 Å². The molecule has 1 aromatic carbocycles. The average molecular weight is 282 g/mol. The van der Waals surface area contributed by atoms with Crippen LogP contribution in [-0.4, -0.2) is 10.9 Å². The van der Waals surface area contributed by atoms with E-state index < -0.39 is 0 Å². The predicted molar refractivity (Wildman–Crippen MR) is 83.1 cm³/mol. The second kappa shape index (κ2) is 4.22. The highest BCUT2D eigenvalue weighted by molar-refractivity contribution is 5.87. The number of phenols is 1. The summed E-state index contributed by atoms with van der Waals surface area (Å²) in [5, 5.41) is 9.74. The van der Waals surface area contributed by atoms with E-state index in [4.69, 9.17) is 0 Å². The van der Waals surface area contributed by atoms with Gasteiger partial charge in [-0.05, 0) is 72.3 Å². The Morgan fingerprint density at radius 3 is 2.95 bits per heavy atom. The first-order valence-electron chi connectivity index (χ1n) is 8.05. The third-order valence-corrected chi connectivity index (χ3v) is 6.45. The lowest BCUT2D eigenvalue weighted by atomic mass is 9.55. The van der Waals surface area contributed by atoms with Gasteiger partial charge in [0.25, 0.3) is 0 Å². The number of fused-ring (bicyclic) bond motifs is 5. The van der Waals surface area contributed by atoms with Gasteiger partial charge in [-0.25, -0.2) is 0 Å². The molecular weight excluding hydrogens is 260 g/mol. The van der Waals surface area contributed by atoms with Crippen LogP contribution in [0.3, 0.4) is 0 Å². The Hall–Kier alpha value is -1.57. The lowest BCUT2D eigenvalue weighted by Gasteiger charge is -2.48. The molecule has 0 heterocycles. The van der Waals surface area contributed by atoms with Crippen molar-refractivity contribution < 1.29 is 9.90 Å². The van der Waals surface area contributed by atoms with E-state index in [-0.39, 0.29) is 5.41 Å². The number of benzene rings is 1. The zero-order valence-electron chi connectivity index (χ0n) is 12.6. The van der Waals surface area contributed by atoms with E-state index in [1.165, 1.54) is 5.56 Å². The highest BCUT2D eigenvalue weighted by Crippen LogP contribution is 2.60. The molecule has 1 aromatic rings. The molecule has 2 saturated carbocycles. The van der Waals surface area contributed by atoms with Crippen LogP contribution in [-0.2, 0) is 4.79 Å². The third-order valence-electron chi connectivity index (χ3n) is 6.45. The molecule has 4 rings (SSSR count). The fraction of sp³-hybridized carbons (Fsp3) is 0.526. The van der Waals surface area contributed by atoms with Crippen molar-refractivity contribution in [1.29, 1.82) is 0 Å². The molecule has 21 heavy (non-hydrogen) atoms. The van der Waals surface area contributed by atoms with Gasteiger partial charge in [0.1, 0.15) is 11.5 Å². The maximum absolute atomic E-state index is 12.3. The van der Waals surface area contributed by atoms with E-state index in [0.717, 1.165) is 43.2 Å². The number of carbonyl (C=O) groups excluding carboxylic acids is 1. The molecule has 0 aliphatic heterocycles. The quantitative estimate of drug-likeness (QED) is 0.770. The molecule has 3 aliphatic rings. The van der Waals surface area contributed by atoms with Crippen LogP contribution in [0, 0.1) is 17.3 Å². The van der Waals surface area contributed by atoms with E-state index >= 15 is 0 Å². The minimum Gasteiger partial charge on any atom is -0.508 e. The van der Waals surface area contributed by atoms with Crippen LogP contribution >= 0.6 is 0 Å². The molecule has 3 aliphatic carbocycles. The Morgan fingerprint density at radius 2 is 2.14 bits per heavy atom. The van der Waals surface area contributed by atoms with Gasteiger partial charge in [-0.15, -0.1) is 0 Å². The maximum atomic E-state index is 12.3. The van der Waals surface area contributed by atoms with Gasteiger partial charge in [0.05, 0.1) is 0 Å². The van der Waals surface area contributed by atoms with E-state index in [0.29, 0.717) is 29.3 Å². The molecule has 110 valence electrons. The third kappa shape index (κ3) is 1.68. The lowest BCUT2D eigenvalue weighted by Crippen LogP contribution is -2.42. The first-order chi connectivity index (χ1) is 10.0. The molecule has 2 heteroatoms. The van der Waals surface area contributed by atoms with Crippen molar-refractivity contribution in [3.63, 3.8) is 0 Å². The molecule has 1 N–H and O–H groups in total. The standard InChI is InChI=1S/C19H22O2/c1-11-9-16-14(13-4-3-12(20)10-15(11)13)7-8-19(2)17(16)5-6-18(19)21/h3-4,10,14,16-17,20H,1,5-9H2,2H3/t14?,16?,17?,19-/m0/s1. The maximum Gasteiger partial charge on any atom is 0.139 e. The zero-order valence-corrected chi connectivity index (χ0v) is 12.6. The fourth-order valence-electron chi connectivity index (χ4n) is 5.30.